The molecule has 0 aliphatic carbocycles. The Bertz CT molecular complexity index is 476. The Kier molecular flexibility index (Phi) is 5.54. The number of rotatable bonds is 3. The molecule has 1 heterocycles. The highest BCUT2D eigenvalue weighted by Gasteiger charge is 2.33. The van der Waals surface area contributed by atoms with Gasteiger partial charge in [-0.1, -0.05) is 29.3 Å². The van der Waals surface area contributed by atoms with E-state index >= 15 is 0 Å². The van der Waals surface area contributed by atoms with E-state index in [1.54, 1.807) is 6.07 Å². The van der Waals surface area contributed by atoms with Gasteiger partial charge in [-0.2, -0.15) is 13.2 Å². The molecule has 0 bridgehead atoms. The van der Waals surface area contributed by atoms with Crippen molar-refractivity contribution in [1.29, 1.82) is 0 Å². The summed E-state index contributed by atoms with van der Waals surface area (Å²) in [5.41, 5.74) is 0.0413. The molecule has 1 N–H and O–H groups in total. The summed E-state index contributed by atoms with van der Waals surface area (Å²) in [7, 11) is 0. The summed E-state index contributed by atoms with van der Waals surface area (Å²) >= 11 is 2.99. The van der Waals surface area contributed by atoms with Crippen LogP contribution in [0.3, 0.4) is 0 Å². The second-order valence-electron chi connectivity index (χ2n) is 5.40. The fraction of sp³-hybridized carbons (Fsp3) is 0.600. The number of hydrogen-bond acceptors (Lipinski definition) is 2. The highest BCUT2D eigenvalue weighted by molar-refractivity contribution is 9.10. The van der Waals surface area contributed by atoms with Gasteiger partial charge >= 0.3 is 6.18 Å². The van der Waals surface area contributed by atoms with Crippen molar-refractivity contribution in [3.8, 4) is 0 Å². The van der Waals surface area contributed by atoms with E-state index in [4.69, 9.17) is 0 Å². The molecular weight excluding hydrogens is 345 g/mol. The SMILES string of the molecule is CCCC1CN(c2ccc(Br)c(C(F)(F)F)c2)CCCN1. The van der Waals surface area contributed by atoms with Crippen molar-refractivity contribution in [2.24, 2.45) is 0 Å². The molecule has 1 aliphatic heterocycles. The lowest BCUT2D eigenvalue weighted by Gasteiger charge is -2.27. The van der Waals surface area contributed by atoms with Gasteiger partial charge in [0.05, 0.1) is 5.56 Å². The van der Waals surface area contributed by atoms with Crippen LogP contribution in [0.2, 0.25) is 0 Å². The van der Waals surface area contributed by atoms with Gasteiger partial charge < -0.3 is 10.2 Å². The fourth-order valence-electron chi connectivity index (χ4n) is 2.70. The number of anilines is 1. The summed E-state index contributed by atoms with van der Waals surface area (Å²) in [6.45, 7) is 4.58. The average molecular weight is 365 g/mol. The molecular formula is C15H20BrF3N2. The highest BCUT2D eigenvalue weighted by atomic mass is 79.9. The van der Waals surface area contributed by atoms with Gasteiger partial charge in [-0.25, -0.2) is 0 Å². The van der Waals surface area contributed by atoms with Gasteiger partial charge in [0.15, 0.2) is 0 Å². The second-order valence-corrected chi connectivity index (χ2v) is 6.26. The van der Waals surface area contributed by atoms with Gasteiger partial charge in [0, 0.05) is 29.3 Å². The first-order chi connectivity index (χ1) is 9.91. The highest BCUT2D eigenvalue weighted by Crippen LogP contribution is 2.37. The molecule has 1 aliphatic rings. The van der Waals surface area contributed by atoms with E-state index in [0.29, 0.717) is 11.7 Å². The first kappa shape index (κ1) is 16.6. The van der Waals surface area contributed by atoms with Crippen molar-refractivity contribution in [2.75, 3.05) is 24.5 Å². The Labute approximate surface area is 131 Å². The number of halogens is 4. The monoisotopic (exact) mass is 364 g/mol. The summed E-state index contributed by atoms with van der Waals surface area (Å²) in [4.78, 5) is 2.06. The van der Waals surface area contributed by atoms with Crippen molar-refractivity contribution in [1.82, 2.24) is 5.32 Å². The van der Waals surface area contributed by atoms with E-state index in [0.717, 1.165) is 38.9 Å². The van der Waals surface area contributed by atoms with Gasteiger partial charge in [-0.15, -0.1) is 0 Å². The Hall–Kier alpha value is -0.750. The van der Waals surface area contributed by atoms with Crippen molar-refractivity contribution >= 4 is 21.6 Å². The minimum atomic E-state index is -4.33. The molecule has 1 unspecified atom stereocenters. The molecule has 1 fully saturated rings. The molecule has 2 nitrogen and oxygen atoms in total. The van der Waals surface area contributed by atoms with E-state index in [-0.39, 0.29) is 4.47 Å². The maximum Gasteiger partial charge on any atom is 0.417 e. The standard InChI is InChI=1S/C15H20BrF3N2/c1-2-4-11-10-21(8-3-7-20-11)12-5-6-14(16)13(9-12)15(17,18)19/h5-6,9,11,20H,2-4,7-8,10H2,1H3. The molecule has 6 heteroatoms. The third kappa shape index (κ3) is 4.36. The molecule has 118 valence electrons. The van der Waals surface area contributed by atoms with Crippen LogP contribution in [0, 0.1) is 0 Å². The third-order valence-corrected chi connectivity index (χ3v) is 4.43. The minimum absolute atomic E-state index is 0.0943. The number of nitrogens with one attached hydrogen (secondary N) is 1. The largest absolute Gasteiger partial charge is 0.417 e. The van der Waals surface area contributed by atoms with E-state index in [2.05, 4.69) is 33.1 Å². The summed E-state index contributed by atoms with van der Waals surface area (Å²) in [5.74, 6) is 0. The quantitative estimate of drug-likeness (QED) is 0.852. The molecule has 0 amide bonds. The smallest absolute Gasteiger partial charge is 0.370 e. The normalized spacial score (nSPS) is 20.4. The Balaban J connectivity index is 2.23. The third-order valence-electron chi connectivity index (χ3n) is 3.74. The lowest BCUT2D eigenvalue weighted by Crippen LogP contribution is -2.37. The summed E-state index contributed by atoms with van der Waals surface area (Å²) in [6, 6.07) is 4.84. The molecule has 0 radical (unpaired) electrons. The molecule has 0 spiro atoms. The molecule has 2 rings (SSSR count). The zero-order chi connectivity index (χ0) is 15.5. The van der Waals surface area contributed by atoms with Gasteiger partial charge in [-0.05, 0) is 37.6 Å². The predicted molar refractivity (Wildman–Crippen MR) is 82.7 cm³/mol. The second kappa shape index (κ2) is 7.01. The number of nitrogens with zero attached hydrogens (tertiary/aromatic N) is 1. The van der Waals surface area contributed by atoms with Crippen LogP contribution in [0.4, 0.5) is 18.9 Å². The van der Waals surface area contributed by atoms with Crippen molar-refractivity contribution in [2.45, 2.75) is 38.4 Å². The lowest BCUT2D eigenvalue weighted by molar-refractivity contribution is -0.138. The number of hydrogen-bond donors (Lipinski definition) is 1. The number of alkyl halides is 3. The summed E-state index contributed by atoms with van der Waals surface area (Å²) < 4.78 is 39.1. The summed E-state index contributed by atoms with van der Waals surface area (Å²) in [6.07, 6.45) is -1.28. The van der Waals surface area contributed by atoms with Crippen molar-refractivity contribution < 1.29 is 13.2 Å². The van der Waals surface area contributed by atoms with Gasteiger partial charge in [-0.3, -0.25) is 0 Å². The zero-order valence-electron chi connectivity index (χ0n) is 12.0. The first-order valence-electron chi connectivity index (χ1n) is 7.27. The van der Waals surface area contributed by atoms with Crippen LogP contribution in [-0.2, 0) is 6.18 Å². The molecule has 1 aromatic rings. The zero-order valence-corrected chi connectivity index (χ0v) is 13.6. The van der Waals surface area contributed by atoms with E-state index in [9.17, 15) is 13.2 Å². The van der Waals surface area contributed by atoms with E-state index < -0.39 is 11.7 Å². The summed E-state index contributed by atoms with van der Waals surface area (Å²) in [5, 5.41) is 3.47. The minimum Gasteiger partial charge on any atom is -0.370 e. The van der Waals surface area contributed by atoms with Crippen LogP contribution in [-0.4, -0.2) is 25.7 Å². The molecule has 0 saturated carbocycles. The van der Waals surface area contributed by atoms with Gasteiger partial charge in [0.2, 0.25) is 0 Å². The molecule has 21 heavy (non-hydrogen) atoms. The molecule has 1 atom stereocenters. The van der Waals surface area contributed by atoms with Crippen LogP contribution < -0.4 is 10.2 Å². The predicted octanol–water partition coefficient (Wildman–Crippen LogP) is 4.44. The van der Waals surface area contributed by atoms with Crippen LogP contribution in [0.1, 0.15) is 31.7 Å². The van der Waals surface area contributed by atoms with Gasteiger partial charge in [0.25, 0.3) is 0 Å². The van der Waals surface area contributed by atoms with Crippen LogP contribution in [0.25, 0.3) is 0 Å². The Morgan fingerprint density at radius 2 is 2.14 bits per heavy atom. The van der Waals surface area contributed by atoms with Crippen molar-refractivity contribution in [3.63, 3.8) is 0 Å². The molecule has 0 aromatic heterocycles. The topological polar surface area (TPSA) is 15.3 Å². The number of benzene rings is 1. The maximum absolute atomic E-state index is 13.0. The van der Waals surface area contributed by atoms with Crippen LogP contribution >= 0.6 is 15.9 Å². The molecule has 1 saturated heterocycles. The van der Waals surface area contributed by atoms with Crippen LogP contribution in [0.15, 0.2) is 22.7 Å². The Morgan fingerprint density at radius 1 is 1.38 bits per heavy atom. The average Bonchev–Trinajstić information content (AvgIpc) is 2.64. The lowest BCUT2D eigenvalue weighted by atomic mass is 10.1. The van der Waals surface area contributed by atoms with Crippen molar-refractivity contribution in [3.05, 3.63) is 28.2 Å². The van der Waals surface area contributed by atoms with Crippen LogP contribution in [0.5, 0.6) is 0 Å². The van der Waals surface area contributed by atoms with E-state index in [1.165, 1.54) is 12.1 Å². The fourth-order valence-corrected chi connectivity index (χ4v) is 3.17. The molecule has 1 aromatic carbocycles. The Morgan fingerprint density at radius 3 is 2.81 bits per heavy atom. The first-order valence-corrected chi connectivity index (χ1v) is 8.06. The van der Waals surface area contributed by atoms with E-state index in [1.807, 2.05) is 0 Å². The van der Waals surface area contributed by atoms with Gasteiger partial charge in [0.1, 0.15) is 0 Å². The maximum atomic E-state index is 13.0.